The van der Waals surface area contributed by atoms with Crippen LogP contribution >= 0.6 is 0 Å². The smallest absolute Gasteiger partial charge is 0.267 e. The minimum atomic E-state index is -0.361. The van der Waals surface area contributed by atoms with Crippen LogP contribution in [0.5, 0.6) is 0 Å². The summed E-state index contributed by atoms with van der Waals surface area (Å²) in [5.74, 6) is 4.83. The van der Waals surface area contributed by atoms with E-state index in [0.29, 0.717) is 17.7 Å². The van der Waals surface area contributed by atoms with E-state index in [1.807, 2.05) is 0 Å². The number of amides is 2. The predicted molar refractivity (Wildman–Crippen MR) is 53.5 cm³/mol. The zero-order valence-electron chi connectivity index (χ0n) is 8.30. The molecule has 2 rings (SSSR count). The first kappa shape index (κ1) is 9.82. The molecule has 5 nitrogen and oxygen atoms in total. The zero-order valence-corrected chi connectivity index (χ0v) is 8.30. The van der Waals surface area contributed by atoms with Crippen LogP contribution in [-0.2, 0) is 0 Å². The van der Waals surface area contributed by atoms with Crippen molar-refractivity contribution in [3.63, 3.8) is 0 Å². The fraction of sp³-hybridized carbons (Fsp3) is 0.200. The number of hydrogen-bond acceptors (Lipinski definition) is 4. The zero-order chi connectivity index (χ0) is 11.0. The first-order valence-corrected chi connectivity index (χ1v) is 4.66. The van der Waals surface area contributed by atoms with E-state index in [1.54, 1.807) is 31.2 Å². The van der Waals surface area contributed by atoms with Gasteiger partial charge >= 0.3 is 0 Å². The number of hydrogen-bond donors (Lipinski definition) is 1. The molecule has 0 aromatic heterocycles. The molecule has 1 aromatic rings. The third-order valence-electron chi connectivity index (χ3n) is 2.35. The van der Waals surface area contributed by atoms with Crippen molar-refractivity contribution in [1.29, 1.82) is 0 Å². The van der Waals surface area contributed by atoms with Gasteiger partial charge in [0.05, 0.1) is 11.1 Å². The lowest BCUT2D eigenvalue weighted by atomic mass is 10.1. The van der Waals surface area contributed by atoms with E-state index in [9.17, 15) is 9.59 Å². The maximum atomic E-state index is 11.8. The van der Waals surface area contributed by atoms with Crippen molar-refractivity contribution in [3.05, 3.63) is 35.4 Å². The first-order chi connectivity index (χ1) is 7.16. The summed E-state index contributed by atoms with van der Waals surface area (Å²) in [5.41, 5.74) is 0.817. The molecule has 0 atom stereocenters. The minimum absolute atomic E-state index is 0.361. The second-order valence-corrected chi connectivity index (χ2v) is 3.22. The molecule has 0 fully saturated rings. The molecule has 78 valence electrons. The Labute approximate surface area is 87.0 Å². The predicted octanol–water partition coefficient (Wildman–Crippen LogP) is 0.393. The highest BCUT2D eigenvalue weighted by atomic mass is 16.2. The van der Waals surface area contributed by atoms with Crippen LogP contribution in [-0.4, -0.2) is 28.5 Å². The summed E-state index contributed by atoms with van der Waals surface area (Å²) in [6.07, 6.45) is 0. The molecular weight excluding hydrogens is 194 g/mol. The molecule has 0 radical (unpaired) electrons. The number of imide groups is 1. The van der Waals surface area contributed by atoms with E-state index in [0.717, 1.165) is 10.1 Å². The van der Waals surface area contributed by atoms with Crippen LogP contribution in [0.25, 0.3) is 0 Å². The summed E-state index contributed by atoms with van der Waals surface area (Å²) in [7, 11) is 0. The van der Waals surface area contributed by atoms with Crippen molar-refractivity contribution in [2.75, 3.05) is 6.54 Å². The number of carbonyl (C=O) groups is 2. The molecular formula is C10H11N3O2. The summed E-state index contributed by atoms with van der Waals surface area (Å²) in [6.45, 7) is 2.16. The second-order valence-electron chi connectivity index (χ2n) is 3.22. The van der Waals surface area contributed by atoms with Crippen LogP contribution in [0.1, 0.15) is 27.6 Å². The van der Waals surface area contributed by atoms with Crippen molar-refractivity contribution < 1.29 is 9.59 Å². The average molecular weight is 205 g/mol. The molecule has 1 heterocycles. The molecule has 0 unspecified atom stereocenters. The Morgan fingerprint density at radius 2 is 1.67 bits per heavy atom. The molecule has 1 aliphatic rings. The van der Waals surface area contributed by atoms with Gasteiger partial charge in [-0.15, -0.1) is 5.12 Å². The quantitative estimate of drug-likeness (QED) is 0.431. The van der Waals surface area contributed by atoms with Gasteiger partial charge in [0.25, 0.3) is 11.8 Å². The van der Waals surface area contributed by atoms with Crippen LogP contribution in [0.2, 0.25) is 0 Å². The van der Waals surface area contributed by atoms with Crippen LogP contribution in [0, 0.1) is 0 Å². The highest BCUT2D eigenvalue weighted by molar-refractivity contribution is 6.20. The largest absolute Gasteiger partial charge is 0.277 e. The van der Waals surface area contributed by atoms with Gasteiger partial charge in [-0.3, -0.25) is 15.4 Å². The Bertz CT molecular complexity index is 395. The molecule has 15 heavy (non-hydrogen) atoms. The van der Waals surface area contributed by atoms with E-state index in [1.165, 1.54) is 0 Å². The van der Waals surface area contributed by atoms with Gasteiger partial charge in [-0.1, -0.05) is 12.1 Å². The van der Waals surface area contributed by atoms with Crippen LogP contribution in [0.3, 0.4) is 0 Å². The van der Waals surface area contributed by atoms with Crippen LogP contribution in [0.15, 0.2) is 24.3 Å². The standard InChI is InChI=1S/C10H11N3O2/c1-2-12(11)13-9(14)7-5-3-4-6-8(7)10(13)15/h3-6H,2,11H2,1H3. The van der Waals surface area contributed by atoms with E-state index >= 15 is 0 Å². The van der Waals surface area contributed by atoms with Crippen LogP contribution < -0.4 is 5.84 Å². The first-order valence-electron chi connectivity index (χ1n) is 4.66. The molecule has 1 aromatic carbocycles. The molecule has 0 aliphatic carbocycles. The van der Waals surface area contributed by atoms with Gasteiger partial charge < -0.3 is 0 Å². The summed E-state index contributed by atoms with van der Waals surface area (Å²) in [4.78, 5) is 23.6. The van der Waals surface area contributed by atoms with Crippen molar-refractivity contribution in [2.24, 2.45) is 5.84 Å². The normalized spacial score (nSPS) is 15.0. The lowest BCUT2D eigenvalue weighted by Crippen LogP contribution is -2.50. The van der Waals surface area contributed by atoms with E-state index in [4.69, 9.17) is 5.84 Å². The summed E-state index contributed by atoms with van der Waals surface area (Å²) < 4.78 is 0. The van der Waals surface area contributed by atoms with Gasteiger partial charge in [0.15, 0.2) is 0 Å². The topological polar surface area (TPSA) is 66.6 Å². The summed E-state index contributed by atoms with van der Waals surface area (Å²) >= 11 is 0. The molecule has 2 amide bonds. The van der Waals surface area contributed by atoms with Crippen molar-refractivity contribution in [3.8, 4) is 0 Å². The Hall–Kier alpha value is -1.72. The maximum Gasteiger partial charge on any atom is 0.277 e. The Balaban J connectivity index is 2.45. The third-order valence-corrected chi connectivity index (χ3v) is 2.35. The fourth-order valence-corrected chi connectivity index (χ4v) is 1.55. The van der Waals surface area contributed by atoms with Gasteiger partial charge in [-0.25, -0.2) is 0 Å². The average Bonchev–Trinajstić information content (AvgIpc) is 2.52. The highest BCUT2D eigenvalue weighted by Crippen LogP contribution is 2.22. The van der Waals surface area contributed by atoms with Crippen LogP contribution in [0.4, 0.5) is 0 Å². The maximum absolute atomic E-state index is 11.8. The van der Waals surface area contributed by atoms with Gasteiger partial charge in [0, 0.05) is 6.54 Å². The second kappa shape index (κ2) is 3.45. The number of benzene rings is 1. The molecule has 1 aliphatic heterocycles. The molecule has 0 saturated heterocycles. The van der Waals surface area contributed by atoms with Gasteiger partial charge in [-0.2, -0.15) is 5.01 Å². The number of carbonyl (C=O) groups excluding carboxylic acids is 2. The Morgan fingerprint density at radius 1 is 1.20 bits per heavy atom. The van der Waals surface area contributed by atoms with E-state index < -0.39 is 0 Å². The molecule has 0 bridgehead atoms. The monoisotopic (exact) mass is 205 g/mol. The number of nitrogens with two attached hydrogens (primary N) is 1. The van der Waals surface area contributed by atoms with E-state index in [2.05, 4.69) is 0 Å². The molecule has 5 heteroatoms. The fourth-order valence-electron chi connectivity index (χ4n) is 1.55. The van der Waals surface area contributed by atoms with E-state index in [-0.39, 0.29) is 11.8 Å². The molecule has 2 N–H and O–H groups in total. The van der Waals surface area contributed by atoms with Gasteiger partial charge in [0.2, 0.25) is 0 Å². The SMILES string of the molecule is CCN(N)N1C(=O)c2ccccc2C1=O. The molecule has 0 saturated carbocycles. The summed E-state index contributed by atoms with van der Waals surface area (Å²) in [5, 5.41) is 2.08. The number of rotatable bonds is 2. The summed E-state index contributed by atoms with van der Waals surface area (Å²) in [6, 6.07) is 6.69. The highest BCUT2D eigenvalue weighted by Gasteiger charge is 2.37. The number of nitrogens with zero attached hydrogens (tertiary/aromatic N) is 2. The van der Waals surface area contributed by atoms with Gasteiger partial charge in [0.1, 0.15) is 0 Å². The number of hydrazine groups is 2. The third kappa shape index (κ3) is 1.33. The van der Waals surface area contributed by atoms with Crippen molar-refractivity contribution in [2.45, 2.75) is 6.92 Å². The van der Waals surface area contributed by atoms with Gasteiger partial charge in [-0.05, 0) is 19.1 Å². The van der Waals surface area contributed by atoms with Crippen molar-refractivity contribution >= 4 is 11.8 Å². The Morgan fingerprint density at radius 3 is 2.07 bits per heavy atom. The lowest BCUT2D eigenvalue weighted by Gasteiger charge is -2.23. The minimum Gasteiger partial charge on any atom is -0.267 e. The lowest BCUT2D eigenvalue weighted by molar-refractivity contribution is 0.00340. The molecule has 0 spiro atoms. The van der Waals surface area contributed by atoms with Crippen molar-refractivity contribution in [1.82, 2.24) is 10.1 Å². The Kier molecular flexibility index (Phi) is 2.26. The number of fused-ring (bicyclic) bond motifs is 1.